The Bertz CT molecular complexity index is 232. The molecular formula is C14H29NO. The molecule has 0 aromatic carbocycles. The first-order valence-corrected chi connectivity index (χ1v) is 6.30. The molecule has 0 fully saturated rings. The monoisotopic (exact) mass is 227 g/mol. The van der Waals surface area contributed by atoms with Gasteiger partial charge in [0, 0.05) is 11.5 Å². The lowest BCUT2D eigenvalue weighted by Gasteiger charge is -2.36. The second kappa shape index (κ2) is 5.31. The van der Waals surface area contributed by atoms with Gasteiger partial charge in [0.15, 0.2) is 5.78 Å². The molecule has 16 heavy (non-hydrogen) atoms. The fourth-order valence-corrected chi connectivity index (χ4v) is 1.55. The highest BCUT2D eigenvalue weighted by atomic mass is 16.1. The number of ketones is 1. The van der Waals surface area contributed by atoms with Gasteiger partial charge in [-0.25, -0.2) is 0 Å². The van der Waals surface area contributed by atoms with Gasteiger partial charge in [-0.3, -0.25) is 4.79 Å². The van der Waals surface area contributed by atoms with Crippen molar-refractivity contribution >= 4 is 5.78 Å². The topological polar surface area (TPSA) is 29.1 Å². The molecule has 0 saturated heterocycles. The molecular weight excluding hydrogens is 198 g/mol. The zero-order valence-electron chi connectivity index (χ0n) is 12.3. The number of hydrogen-bond donors (Lipinski definition) is 1. The Balaban J connectivity index is 4.90. The van der Waals surface area contributed by atoms with Crippen molar-refractivity contribution in [3.8, 4) is 0 Å². The molecule has 0 aromatic heterocycles. The summed E-state index contributed by atoms with van der Waals surface area (Å²) in [6, 6.07) is 0.318. The maximum atomic E-state index is 12.4. The number of nitrogens with one attached hydrogen (secondary N) is 1. The van der Waals surface area contributed by atoms with Gasteiger partial charge in [0.05, 0.1) is 6.04 Å². The molecule has 0 aliphatic rings. The van der Waals surface area contributed by atoms with Gasteiger partial charge in [0.1, 0.15) is 0 Å². The van der Waals surface area contributed by atoms with Crippen LogP contribution in [0.3, 0.4) is 0 Å². The highest BCUT2D eigenvalue weighted by Crippen LogP contribution is 2.28. The van der Waals surface area contributed by atoms with Crippen molar-refractivity contribution < 1.29 is 4.79 Å². The van der Waals surface area contributed by atoms with Crippen molar-refractivity contribution in [1.82, 2.24) is 5.32 Å². The summed E-state index contributed by atoms with van der Waals surface area (Å²) < 4.78 is 0. The van der Waals surface area contributed by atoms with Crippen molar-refractivity contribution in [1.29, 1.82) is 0 Å². The van der Waals surface area contributed by atoms with E-state index in [1.807, 2.05) is 20.8 Å². The normalized spacial score (nSPS) is 17.0. The molecule has 0 spiro atoms. The minimum atomic E-state index is -0.279. The number of carbonyl (C=O) groups is 1. The van der Waals surface area contributed by atoms with Crippen molar-refractivity contribution in [3.05, 3.63) is 0 Å². The summed E-state index contributed by atoms with van der Waals surface area (Å²) in [5, 5.41) is 3.46. The van der Waals surface area contributed by atoms with Gasteiger partial charge in [-0.05, 0) is 18.8 Å². The molecule has 0 heterocycles. The molecule has 0 bridgehead atoms. The maximum absolute atomic E-state index is 12.4. The minimum absolute atomic E-state index is 0.0339. The van der Waals surface area contributed by atoms with Crippen LogP contribution >= 0.6 is 0 Å². The van der Waals surface area contributed by atoms with Gasteiger partial charge in [0.25, 0.3) is 0 Å². The van der Waals surface area contributed by atoms with Crippen LogP contribution in [-0.2, 0) is 4.79 Å². The number of carbonyl (C=O) groups excluding carboxylic acids is 1. The zero-order chi connectivity index (χ0) is 13.1. The largest absolute Gasteiger partial charge is 0.305 e. The Morgan fingerprint density at radius 1 is 1.12 bits per heavy atom. The first-order chi connectivity index (χ1) is 7.00. The van der Waals surface area contributed by atoms with Crippen LogP contribution in [-0.4, -0.2) is 17.9 Å². The third-order valence-electron chi connectivity index (χ3n) is 2.93. The first kappa shape index (κ1) is 15.6. The lowest BCUT2D eigenvalue weighted by atomic mass is 9.75. The summed E-state index contributed by atoms with van der Waals surface area (Å²) in [5.74, 6) is 0.306. The summed E-state index contributed by atoms with van der Waals surface area (Å²) in [6.45, 7) is 16.6. The minimum Gasteiger partial charge on any atom is -0.305 e. The lowest BCUT2D eigenvalue weighted by Crippen LogP contribution is -2.53. The van der Waals surface area contributed by atoms with Crippen LogP contribution < -0.4 is 5.32 Å². The van der Waals surface area contributed by atoms with Crippen molar-refractivity contribution in [2.75, 3.05) is 0 Å². The molecule has 0 aliphatic carbocycles. The van der Waals surface area contributed by atoms with Crippen LogP contribution in [0.15, 0.2) is 0 Å². The molecule has 0 rings (SSSR count). The van der Waals surface area contributed by atoms with E-state index >= 15 is 0 Å². The van der Waals surface area contributed by atoms with E-state index in [0.717, 1.165) is 6.42 Å². The van der Waals surface area contributed by atoms with E-state index in [0.29, 0.717) is 11.8 Å². The highest BCUT2D eigenvalue weighted by Gasteiger charge is 2.37. The van der Waals surface area contributed by atoms with Crippen molar-refractivity contribution in [2.45, 2.75) is 73.9 Å². The molecule has 1 N–H and O–H groups in total. The fourth-order valence-electron chi connectivity index (χ4n) is 1.55. The van der Waals surface area contributed by atoms with Crippen LogP contribution in [0.2, 0.25) is 0 Å². The molecule has 0 aliphatic heterocycles. The average molecular weight is 227 g/mol. The predicted molar refractivity (Wildman–Crippen MR) is 70.6 cm³/mol. The number of hydrogen-bond acceptors (Lipinski definition) is 2. The van der Waals surface area contributed by atoms with Gasteiger partial charge in [0.2, 0.25) is 0 Å². The zero-order valence-corrected chi connectivity index (χ0v) is 12.3. The van der Waals surface area contributed by atoms with E-state index in [9.17, 15) is 4.79 Å². The molecule has 0 radical (unpaired) electrons. The Morgan fingerprint density at radius 2 is 1.56 bits per heavy atom. The van der Waals surface area contributed by atoms with E-state index in [-0.39, 0.29) is 16.9 Å². The van der Waals surface area contributed by atoms with Gasteiger partial charge in [-0.2, -0.15) is 0 Å². The molecule has 0 aromatic rings. The Hall–Kier alpha value is -0.370. The molecule has 2 heteroatoms. The summed E-state index contributed by atoms with van der Waals surface area (Å²) in [4.78, 5) is 12.4. The number of Topliss-reactive ketones (excluding diaryl/α,β-unsaturated/α-hetero) is 1. The maximum Gasteiger partial charge on any atom is 0.155 e. The second-order valence-electron chi connectivity index (χ2n) is 6.89. The molecule has 0 saturated carbocycles. The summed E-state index contributed by atoms with van der Waals surface area (Å²) in [6.07, 6.45) is 1.05. The number of rotatable bonds is 4. The smallest absolute Gasteiger partial charge is 0.155 e. The quantitative estimate of drug-likeness (QED) is 0.797. The molecule has 2 nitrogen and oxygen atoms in total. The van der Waals surface area contributed by atoms with Crippen LogP contribution in [0.5, 0.6) is 0 Å². The van der Waals surface area contributed by atoms with Gasteiger partial charge in [-0.15, -0.1) is 0 Å². The van der Waals surface area contributed by atoms with Crippen molar-refractivity contribution in [2.24, 2.45) is 10.8 Å². The molecule has 2 unspecified atom stereocenters. The standard InChI is InChI=1S/C14H29NO/c1-9-10(2)15-11(13(3,4)5)12(16)14(6,7)8/h10-11,15H,9H2,1-8H3. The average Bonchev–Trinajstić information content (AvgIpc) is 2.09. The van der Waals surface area contributed by atoms with Crippen LogP contribution in [0.4, 0.5) is 0 Å². The SMILES string of the molecule is CCC(C)NC(C(=O)C(C)(C)C)C(C)(C)C. The Morgan fingerprint density at radius 3 is 1.81 bits per heavy atom. The predicted octanol–water partition coefficient (Wildman–Crippen LogP) is 3.40. The Kier molecular flexibility index (Phi) is 5.18. The molecule has 0 amide bonds. The second-order valence-corrected chi connectivity index (χ2v) is 6.89. The van der Waals surface area contributed by atoms with Crippen LogP contribution in [0.1, 0.15) is 61.8 Å². The van der Waals surface area contributed by atoms with E-state index < -0.39 is 0 Å². The fraction of sp³-hybridized carbons (Fsp3) is 0.929. The van der Waals surface area contributed by atoms with E-state index in [2.05, 4.69) is 39.9 Å². The van der Waals surface area contributed by atoms with Crippen molar-refractivity contribution in [3.63, 3.8) is 0 Å². The van der Waals surface area contributed by atoms with Gasteiger partial charge >= 0.3 is 0 Å². The van der Waals surface area contributed by atoms with Gasteiger partial charge in [-0.1, -0.05) is 48.5 Å². The van der Waals surface area contributed by atoms with E-state index in [4.69, 9.17) is 0 Å². The van der Waals surface area contributed by atoms with Gasteiger partial charge < -0.3 is 5.32 Å². The highest BCUT2D eigenvalue weighted by molar-refractivity contribution is 5.89. The third-order valence-corrected chi connectivity index (χ3v) is 2.93. The summed E-state index contributed by atoms with van der Waals surface area (Å²) in [5.41, 5.74) is -0.313. The lowest BCUT2D eigenvalue weighted by molar-refractivity contribution is -0.131. The van der Waals surface area contributed by atoms with E-state index in [1.165, 1.54) is 0 Å². The summed E-state index contributed by atoms with van der Waals surface area (Å²) >= 11 is 0. The molecule has 96 valence electrons. The van der Waals surface area contributed by atoms with Crippen LogP contribution in [0.25, 0.3) is 0 Å². The van der Waals surface area contributed by atoms with Crippen LogP contribution in [0, 0.1) is 10.8 Å². The third kappa shape index (κ3) is 4.65. The molecule has 2 atom stereocenters. The van der Waals surface area contributed by atoms with E-state index in [1.54, 1.807) is 0 Å². The summed E-state index contributed by atoms with van der Waals surface area (Å²) in [7, 11) is 0. The first-order valence-electron chi connectivity index (χ1n) is 6.30. The Labute approximate surface area is 101 Å².